The summed E-state index contributed by atoms with van der Waals surface area (Å²) >= 11 is 0. The summed E-state index contributed by atoms with van der Waals surface area (Å²) in [5.74, 6) is 0.000145. The fourth-order valence-corrected chi connectivity index (χ4v) is 3.26. The number of hydrogen-bond donors (Lipinski definition) is 1. The first-order chi connectivity index (χ1) is 11.6. The van der Waals surface area contributed by atoms with Crippen molar-refractivity contribution in [2.24, 2.45) is 0 Å². The van der Waals surface area contributed by atoms with Crippen molar-refractivity contribution < 1.29 is 9.53 Å². The van der Waals surface area contributed by atoms with Gasteiger partial charge >= 0.3 is 0 Å². The quantitative estimate of drug-likeness (QED) is 0.816. The van der Waals surface area contributed by atoms with Gasteiger partial charge in [-0.3, -0.25) is 4.79 Å². The molecule has 2 atom stereocenters. The number of nitrogens with one attached hydrogen (secondary N) is 1. The van der Waals surface area contributed by atoms with Crippen molar-refractivity contribution in [1.82, 2.24) is 10.2 Å². The van der Waals surface area contributed by atoms with Gasteiger partial charge in [-0.05, 0) is 43.5 Å². The second-order valence-electron chi connectivity index (χ2n) is 6.64. The van der Waals surface area contributed by atoms with E-state index in [1.54, 1.807) is 6.26 Å². The number of amides is 1. The molecule has 1 aromatic rings. The van der Waals surface area contributed by atoms with Crippen molar-refractivity contribution in [2.75, 3.05) is 6.54 Å². The fraction of sp³-hybridized carbons (Fsp3) is 0.450. The van der Waals surface area contributed by atoms with E-state index < -0.39 is 0 Å². The maximum atomic E-state index is 12.6. The second kappa shape index (κ2) is 7.12. The van der Waals surface area contributed by atoms with Crippen molar-refractivity contribution in [3.05, 3.63) is 59.0 Å². The Kier molecular flexibility index (Phi) is 4.93. The molecule has 4 nitrogen and oxygen atoms in total. The molecule has 3 rings (SSSR count). The van der Waals surface area contributed by atoms with Gasteiger partial charge in [-0.25, -0.2) is 0 Å². The van der Waals surface area contributed by atoms with Crippen molar-refractivity contribution in [3.8, 4) is 0 Å². The number of ether oxygens (including phenoxy) is 1. The topological polar surface area (TPSA) is 41.6 Å². The number of hydrogen-bond acceptors (Lipinski definition) is 3. The van der Waals surface area contributed by atoms with Crippen LogP contribution in [0.5, 0.6) is 0 Å². The van der Waals surface area contributed by atoms with E-state index in [9.17, 15) is 4.79 Å². The van der Waals surface area contributed by atoms with Crippen molar-refractivity contribution in [2.45, 2.75) is 52.3 Å². The number of carbonyl (C=O) groups is 1. The summed E-state index contributed by atoms with van der Waals surface area (Å²) in [6, 6.07) is 6.58. The van der Waals surface area contributed by atoms with E-state index in [0.29, 0.717) is 0 Å². The van der Waals surface area contributed by atoms with Crippen molar-refractivity contribution in [1.29, 1.82) is 0 Å². The predicted molar refractivity (Wildman–Crippen MR) is 95.3 cm³/mol. The molecule has 1 amide bonds. The lowest BCUT2D eigenvalue weighted by Crippen LogP contribution is -2.38. The van der Waals surface area contributed by atoms with Crippen LogP contribution in [0.2, 0.25) is 0 Å². The summed E-state index contributed by atoms with van der Waals surface area (Å²) in [7, 11) is 0. The second-order valence-corrected chi connectivity index (χ2v) is 6.64. The first-order valence-corrected chi connectivity index (χ1v) is 8.75. The Morgan fingerprint density at radius 1 is 1.33 bits per heavy atom. The highest BCUT2D eigenvalue weighted by atomic mass is 16.5. The van der Waals surface area contributed by atoms with Gasteiger partial charge in [0.05, 0.1) is 12.3 Å². The minimum absolute atomic E-state index is 0.000145. The Bertz CT molecular complexity index is 678. The summed E-state index contributed by atoms with van der Waals surface area (Å²) in [5.41, 5.74) is 4.47. The number of aryl methyl sites for hydroxylation is 2. The first-order valence-electron chi connectivity index (χ1n) is 8.75. The normalized spacial score (nSPS) is 21.5. The molecule has 1 N–H and O–H groups in total. The van der Waals surface area contributed by atoms with E-state index in [1.807, 2.05) is 12.2 Å². The lowest BCUT2D eigenvalue weighted by molar-refractivity contribution is -0.119. The molecule has 2 aliphatic rings. The summed E-state index contributed by atoms with van der Waals surface area (Å²) in [6.45, 7) is 7.78. The minimum atomic E-state index is -0.0537. The average molecular weight is 326 g/mol. The molecule has 0 aliphatic carbocycles. The van der Waals surface area contributed by atoms with Gasteiger partial charge in [0.25, 0.3) is 5.91 Å². The monoisotopic (exact) mass is 326 g/mol. The summed E-state index contributed by atoms with van der Waals surface area (Å²) in [5, 5.41) is 3.03. The van der Waals surface area contributed by atoms with E-state index >= 15 is 0 Å². The Hall–Kier alpha value is -2.23. The molecule has 2 heterocycles. The highest BCUT2D eigenvalue weighted by Crippen LogP contribution is 2.32. The fourth-order valence-electron chi connectivity index (χ4n) is 3.26. The number of unbranched alkanes of at least 4 members (excludes halogenated alkanes) is 1. The van der Waals surface area contributed by atoms with Gasteiger partial charge < -0.3 is 15.0 Å². The van der Waals surface area contributed by atoms with Gasteiger partial charge in [0.2, 0.25) is 0 Å². The summed E-state index contributed by atoms with van der Waals surface area (Å²) in [4.78, 5) is 14.8. The van der Waals surface area contributed by atoms with E-state index in [1.165, 1.54) is 16.7 Å². The number of fused-ring (bicyclic) bond motifs is 1. The molecule has 0 aromatic heterocycles. The summed E-state index contributed by atoms with van der Waals surface area (Å²) in [6.07, 6.45) is 7.76. The molecule has 2 aliphatic heterocycles. The van der Waals surface area contributed by atoms with Crippen molar-refractivity contribution in [3.63, 3.8) is 0 Å². The largest absolute Gasteiger partial charge is 0.492 e. The van der Waals surface area contributed by atoms with Gasteiger partial charge in [0, 0.05) is 13.1 Å². The third kappa shape index (κ3) is 3.32. The Morgan fingerprint density at radius 2 is 2.17 bits per heavy atom. The lowest BCUT2D eigenvalue weighted by atomic mass is 10.0. The number of benzene rings is 1. The molecule has 0 saturated heterocycles. The van der Waals surface area contributed by atoms with Gasteiger partial charge in [-0.2, -0.15) is 0 Å². The van der Waals surface area contributed by atoms with Crippen LogP contribution < -0.4 is 5.32 Å². The zero-order chi connectivity index (χ0) is 17.1. The maximum absolute atomic E-state index is 12.6. The third-order valence-electron chi connectivity index (χ3n) is 4.73. The standard InChI is InChI=1S/C20H26N2O2/c1-4-5-9-21-20(23)18-12-19-17(8-10-24-19)22(18)13-16-11-14(2)6-7-15(16)3/h6-8,10-12,17,19H,4-5,9,13H2,1-3H3,(H,21,23). The van der Waals surface area contributed by atoms with E-state index in [-0.39, 0.29) is 18.1 Å². The summed E-state index contributed by atoms with van der Waals surface area (Å²) < 4.78 is 5.63. The van der Waals surface area contributed by atoms with Crippen LogP contribution in [0, 0.1) is 13.8 Å². The highest BCUT2D eigenvalue weighted by Gasteiger charge is 2.39. The molecular weight excluding hydrogens is 300 g/mol. The average Bonchev–Trinajstić information content (AvgIpc) is 3.13. The van der Waals surface area contributed by atoms with Crippen LogP contribution >= 0.6 is 0 Å². The van der Waals surface area contributed by atoms with Crippen molar-refractivity contribution >= 4 is 5.91 Å². The number of nitrogens with zero attached hydrogens (tertiary/aromatic N) is 1. The molecule has 0 bridgehead atoms. The highest BCUT2D eigenvalue weighted by molar-refractivity contribution is 5.93. The molecule has 1 aromatic carbocycles. The van der Waals surface area contributed by atoms with E-state index in [4.69, 9.17) is 4.74 Å². The zero-order valence-corrected chi connectivity index (χ0v) is 14.7. The molecule has 4 heteroatoms. The zero-order valence-electron chi connectivity index (χ0n) is 14.7. The van der Waals surface area contributed by atoms with E-state index in [2.05, 4.69) is 49.2 Å². The van der Waals surface area contributed by atoms with Gasteiger partial charge in [-0.1, -0.05) is 37.1 Å². The number of carbonyl (C=O) groups excluding carboxylic acids is 1. The molecule has 24 heavy (non-hydrogen) atoms. The molecule has 0 saturated carbocycles. The maximum Gasteiger partial charge on any atom is 0.267 e. The number of rotatable bonds is 6. The Balaban J connectivity index is 1.79. The van der Waals surface area contributed by atoms with Crippen LogP contribution in [0.4, 0.5) is 0 Å². The van der Waals surface area contributed by atoms with Crippen LogP contribution in [-0.2, 0) is 16.1 Å². The molecule has 128 valence electrons. The predicted octanol–water partition coefficient (Wildman–Crippen LogP) is 3.20. The molecule has 0 fully saturated rings. The SMILES string of the molecule is CCCCNC(=O)C1=CC2OC=CC2N1Cc1cc(C)ccc1C. The smallest absolute Gasteiger partial charge is 0.267 e. The van der Waals surface area contributed by atoms with E-state index in [0.717, 1.165) is 31.6 Å². The molecule has 0 radical (unpaired) electrons. The molecular formula is C20H26N2O2. The Labute approximate surface area is 144 Å². The van der Waals surface area contributed by atoms with Crippen LogP contribution in [-0.4, -0.2) is 29.5 Å². The first kappa shape index (κ1) is 16.6. The van der Waals surface area contributed by atoms with Crippen LogP contribution in [0.1, 0.15) is 36.5 Å². The lowest BCUT2D eigenvalue weighted by Gasteiger charge is -2.28. The van der Waals surface area contributed by atoms with Gasteiger partial charge in [-0.15, -0.1) is 0 Å². The Morgan fingerprint density at radius 3 is 2.96 bits per heavy atom. The van der Waals surface area contributed by atoms with Crippen LogP contribution in [0.15, 0.2) is 42.3 Å². The molecule has 2 unspecified atom stereocenters. The van der Waals surface area contributed by atoms with Crippen LogP contribution in [0.3, 0.4) is 0 Å². The van der Waals surface area contributed by atoms with Gasteiger partial charge in [0.1, 0.15) is 11.8 Å². The minimum Gasteiger partial charge on any atom is -0.492 e. The third-order valence-corrected chi connectivity index (χ3v) is 4.73. The van der Waals surface area contributed by atoms with Gasteiger partial charge in [0.15, 0.2) is 0 Å². The molecule has 0 spiro atoms. The van der Waals surface area contributed by atoms with Crippen LogP contribution in [0.25, 0.3) is 0 Å².